The number of rotatable bonds is 4. The van der Waals surface area contributed by atoms with Gasteiger partial charge >= 0.3 is 6.18 Å². The van der Waals surface area contributed by atoms with Crippen LogP contribution in [0.25, 0.3) is 11.0 Å². The zero-order valence-corrected chi connectivity index (χ0v) is 16.2. The van der Waals surface area contributed by atoms with E-state index in [1.807, 2.05) is 30.3 Å². The number of carbonyl (C=O) groups is 1. The summed E-state index contributed by atoms with van der Waals surface area (Å²) in [5.74, 6) is -0.560. The molecule has 0 unspecified atom stereocenters. The summed E-state index contributed by atoms with van der Waals surface area (Å²) in [5.41, 5.74) is -0.307. The monoisotopic (exact) mass is 403 g/mol. The van der Waals surface area contributed by atoms with E-state index in [0.29, 0.717) is 0 Å². The molecule has 3 rings (SSSR count). The topological polar surface area (TPSA) is 64.0 Å². The minimum Gasteiger partial charge on any atom is -0.350 e. The molecule has 0 saturated carbocycles. The van der Waals surface area contributed by atoms with Gasteiger partial charge in [-0.25, -0.2) is 4.98 Å². The van der Waals surface area contributed by atoms with Crippen LogP contribution in [0.1, 0.15) is 35.3 Å². The van der Waals surface area contributed by atoms with Crippen molar-refractivity contribution in [3.05, 3.63) is 75.2 Å². The SMILES string of the molecule is Cc1cc2nc(C(F)(F)F)c(=O)n([C@@H](C)C(=O)NCc3ccccc3)c2cc1C. The fraction of sp³-hybridized carbons (Fsp3) is 0.286. The Morgan fingerprint density at radius 3 is 2.38 bits per heavy atom. The van der Waals surface area contributed by atoms with Gasteiger partial charge in [0.15, 0.2) is 0 Å². The lowest BCUT2D eigenvalue weighted by Crippen LogP contribution is -2.39. The average Bonchev–Trinajstić information content (AvgIpc) is 2.66. The van der Waals surface area contributed by atoms with E-state index < -0.39 is 29.4 Å². The Morgan fingerprint density at radius 1 is 1.14 bits per heavy atom. The van der Waals surface area contributed by atoms with Gasteiger partial charge in [-0.3, -0.25) is 14.2 Å². The first-order chi connectivity index (χ1) is 13.6. The summed E-state index contributed by atoms with van der Waals surface area (Å²) >= 11 is 0. The van der Waals surface area contributed by atoms with Crippen molar-refractivity contribution in [1.82, 2.24) is 14.9 Å². The quantitative estimate of drug-likeness (QED) is 0.719. The van der Waals surface area contributed by atoms with E-state index in [0.717, 1.165) is 21.3 Å². The fourth-order valence-electron chi connectivity index (χ4n) is 3.08. The molecule has 1 heterocycles. The zero-order chi connectivity index (χ0) is 21.3. The summed E-state index contributed by atoms with van der Waals surface area (Å²) in [5, 5.41) is 2.67. The predicted octanol–water partition coefficient (Wildman–Crippen LogP) is 3.91. The number of benzene rings is 2. The van der Waals surface area contributed by atoms with Gasteiger partial charge in [-0.05, 0) is 49.6 Å². The third-order valence-corrected chi connectivity index (χ3v) is 4.85. The van der Waals surface area contributed by atoms with Gasteiger partial charge in [0.2, 0.25) is 11.6 Å². The van der Waals surface area contributed by atoms with Gasteiger partial charge in [0, 0.05) is 6.54 Å². The van der Waals surface area contributed by atoms with E-state index in [9.17, 15) is 22.8 Å². The van der Waals surface area contributed by atoms with Gasteiger partial charge in [0.25, 0.3) is 5.56 Å². The van der Waals surface area contributed by atoms with Crippen molar-refractivity contribution in [2.45, 2.75) is 39.5 Å². The van der Waals surface area contributed by atoms with Crippen LogP contribution in [-0.4, -0.2) is 15.5 Å². The second-order valence-corrected chi connectivity index (χ2v) is 6.94. The van der Waals surface area contributed by atoms with Crippen LogP contribution in [0.5, 0.6) is 0 Å². The number of alkyl halides is 3. The van der Waals surface area contributed by atoms with Crippen LogP contribution in [0.15, 0.2) is 47.3 Å². The van der Waals surface area contributed by atoms with Crippen LogP contribution in [0, 0.1) is 13.8 Å². The Kier molecular flexibility index (Phi) is 5.46. The first-order valence-corrected chi connectivity index (χ1v) is 9.02. The number of aryl methyl sites for hydroxylation is 2. The highest BCUT2D eigenvalue weighted by atomic mass is 19.4. The molecule has 0 aliphatic heterocycles. The van der Waals surface area contributed by atoms with Gasteiger partial charge in [-0.2, -0.15) is 13.2 Å². The minimum absolute atomic E-state index is 0.0164. The maximum atomic E-state index is 13.4. The molecule has 0 radical (unpaired) electrons. The largest absolute Gasteiger partial charge is 0.438 e. The van der Waals surface area contributed by atoms with Crippen molar-refractivity contribution >= 4 is 16.9 Å². The van der Waals surface area contributed by atoms with Gasteiger partial charge < -0.3 is 5.32 Å². The Morgan fingerprint density at radius 2 is 1.76 bits per heavy atom. The molecule has 0 saturated heterocycles. The van der Waals surface area contributed by atoms with E-state index >= 15 is 0 Å². The summed E-state index contributed by atoms with van der Waals surface area (Å²) < 4.78 is 41.1. The molecule has 1 aromatic heterocycles. The van der Waals surface area contributed by atoms with E-state index in [1.165, 1.54) is 13.0 Å². The molecule has 1 amide bonds. The highest BCUT2D eigenvalue weighted by Crippen LogP contribution is 2.28. The molecule has 0 spiro atoms. The Bertz CT molecular complexity index is 1120. The van der Waals surface area contributed by atoms with Crippen LogP contribution >= 0.6 is 0 Å². The lowest BCUT2D eigenvalue weighted by atomic mass is 10.1. The average molecular weight is 403 g/mol. The number of carbonyl (C=O) groups excluding carboxylic acids is 1. The number of aromatic nitrogens is 2. The molecule has 0 aliphatic carbocycles. The molecule has 2 aromatic carbocycles. The summed E-state index contributed by atoms with van der Waals surface area (Å²) in [6, 6.07) is 11.0. The van der Waals surface area contributed by atoms with Crippen molar-refractivity contribution in [1.29, 1.82) is 0 Å². The molecule has 1 atom stereocenters. The smallest absolute Gasteiger partial charge is 0.350 e. The third kappa shape index (κ3) is 4.16. The summed E-state index contributed by atoms with van der Waals surface area (Å²) in [6.45, 7) is 5.12. The van der Waals surface area contributed by atoms with Crippen molar-refractivity contribution < 1.29 is 18.0 Å². The van der Waals surface area contributed by atoms with Gasteiger partial charge in [0.1, 0.15) is 6.04 Å². The Hall–Kier alpha value is -3.16. The number of nitrogens with zero attached hydrogens (tertiary/aromatic N) is 2. The highest BCUT2D eigenvalue weighted by molar-refractivity contribution is 5.84. The minimum atomic E-state index is -4.92. The third-order valence-electron chi connectivity index (χ3n) is 4.85. The van der Waals surface area contributed by atoms with Crippen LogP contribution in [0.3, 0.4) is 0 Å². The number of amides is 1. The van der Waals surface area contributed by atoms with E-state index in [-0.39, 0.29) is 17.6 Å². The maximum Gasteiger partial charge on any atom is 0.438 e. The number of halogens is 3. The van der Waals surface area contributed by atoms with E-state index in [2.05, 4.69) is 10.3 Å². The summed E-state index contributed by atoms with van der Waals surface area (Å²) in [7, 11) is 0. The Labute approximate surface area is 165 Å². The Balaban J connectivity index is 2.08. The van der Waals surface area contributed by atoms with Crippen molar-refractivity contribution in [2.75, 3.05) is 0 Å². The molecule has 29 heavy (non-hydrogen) atoms. The van der Waals surface area contributed by atoms with Crippen molar-refractivity contribution in [3.8, 4) is 0 Å². The summed E-state index contributed by atoms with van der Waals surface area (Å²) in [4.78, 5) is 28.9. The van der Waals surface area contributed by atoms with Crippen molar-refractivity contribution in [3.63, 3.8) is 0 Å². The zero-order valence-electron chi connectivity index (χ0n) is 16.2. The lowest BCUT2D eigenvalue weighted by Gasteiger charge is -2.20. The molecule has 5 nitrogen and oxygen atoms in total. The molecule has 0 aliphatic rings. The fourth-order valence-corrected chi connectivity index (χ4v) is 3.08. The normalized spacial score (nSPS) is 12.8. The predicted molar refractivity (Wildman–Crippen MR) is 103 cm³/mol. The molecular weight excluding hydrogens is 383 g/mol. The highest BCUT2D eigenvalue weighted by Gasteiger charge is 2.38. The van der Waals surface area contributed by atoms with Gasteiger partial charge in [-0.1, -0.05) is 30.3 Å². The number of hydrogen-bond acceptors (Lipinski definition) is 3. The second kappa shape index (κ2) is 7.69. The number of hydrogen-bond donors (Lipinski definition) is 1. The first-order valence-electron chi connectivity index (χ1n) is 9.02. The number of nitrogens with one attached hydrogen (secondary N) is 1. The van der Waals surface area contributed by atoms with Crippen molar-refractivity contribution in [2.24, 2.45) is 0 Å². The maximum absolute atomic E-state index is 13.4. The van der Waals surface area contributed by atoms with Gasteiger partial charge in [-0.15, -0.1) is 0 Å². The number of fused-ring (bicyclic) bond motifs is 1. The molecule has 0 fully saturated rings. The van der Waals surface area contributed by atoms with Crippen LogP contribution in [0.2, 0.25) is 0 Å². The lowest BCUT2D eigenvalue weighted by molar-refractivity contribution is -0.142. The molecule has 152 valence electrons. The molecule has 8 heteroatoms. The van der Waals surface area contributed by atoms with Crippen LogP contribution in [-0.2, 0) is 17.5 Å². The molecule has 1 N–H and O–H groups in total. The van der Waals surface area contributed by atoms with E-state index in [4.69, 9.17) is 0 Å². The second-order valence-electron chi connectivity index (χ2n) is 6.94. The molecule has 3 aromatic rings. The summed E-state index contributed by atoms with van der Waals surface area (Å²) in [6.07, 6.45) is -4.92. The first kappa shape index (κ1) is 20.6. The van der Waals surface area contributed by atoms with E-state index in [1.54, 1.807) is 19.9 Å². The van der Waals surface area contributed by atoms with Gasteiger partial charge in [0.05, 0.1) is 11.0 Å². The standard InChI is InChI=1S/C21H20F3N3O2/c1-12-9-16-17(10-13(12)2)27(20(29)18(26-16)21(22,23)24)14(3)19(28)25-11-15-7-5-4-6-8-15/h4-10,14H,11H2,1-3H3,(H,25,28)/t14-/m0/s1. The molecular formula is C21H20F3N3O2. The van der Waals surface area contributed by atoms with Crippen LogP contribution in [0.4, 0.5) is 13.2 Å². The van der Waals surface area contributed by atoms with Crippen LogP contribution < -0.4 is 10.9 Å². The molecule has 0 bridgehead atoms.